The minimum atomic E-state index is 0.324. The van der Waals surface area contributed by atoms with Crippen LogP contribution in [-0.2, 0) is 11.2 Å². The van der Waals surface area contributed by atoms with E-state index in [-0.39, 0.29) is 0 Å². The van der Waals surface area contributed by atoms with E-state index in [0.717, 1.165) is 37.8 Å². The molecular weight excluding hydrogens is 284 g/mol. The molecule has 0 aromatic heterocycles. The second-order valence-electron chi connectivity index (χ2n) is 7.38. The molecule has 0 radical (unpaired) electrons. The molecule has 0 aliphatic carbocycles. The lowest BCUT2D eigenvalue weighted by atomic mass is 9.89. The number of hydrogen-bond acceptors (Lipinski definition) is 2. The van der Waals surface area contributed by atoms with Crippen molar-refractivity contribution in [2.24, 2.45) is 11.8 Å². The molecular formula is C20H32N2O. The maximum Gasteiger partial charge on any atom is 0.222 e. The third-order valence-corrected chi connectivity index (χ3v) is 5.12. The highest BCUT2D eigenvalue weighted by Crippen LogP contribution is 2.25. The van der Waals surface area contributed by atoms with Crippen LogP contribution in [0.5, 0.6) is 0 Å². The fourth-order valence-electron chi connectivity index (χ4n) is 3.44. The topological polar surface area (TPSA) is 23.6 Å². The number of nitrogens with zero attached hydrogens (tertiary/aromatic N) is 2. The summed E-state index contributed by atoms with van der Waals surface area (Å²) < 4.78 is 0. The zero-order valence-corrected chi connectivity index (χ0v) is 15.2. The summed E-state index contributed by atoms with van der Waals surface area (Å²) in [5, 5.41) is 0. The Kier molecular flexibility index (Phi) is 6.49. The van der Waals surface area contributed by atoms with E-state index in [9.17, 15) is 4.79 Å². The molecule has 0 bridgehead atoms. The Hall–Kier alpha value is -1.51. The van der Waals surface area contributed by atoms with Crippen LogP contribution < -0.4 is 4.90 Å². The van der Waals surface area contributed by atoms with Gasteiger partial charge in [0.05, 0.1) is 0 Å². The predicted octanol–water partition coefficient (Wildman–Crippen LogP) is 3.97. The van der Waals surface area contributed by atoms with Crippen LogP contribution >= 0.6 is 0 Å². The molecule has 2 rings (SSSR count). The first-order valence-corrected chi connectivity index (χ1v) is 9.01. The van der Waals surface area contributed by atoms with Gasteiger partial charge in [-0.05, 0) is 55.2 Å². The molecule has 128 valence electrons. The van der Waals surface area contributed by atoms with Gasteiger partial charge in [0.25, 0.3) is 0 Å². The van der Waals surface area contributed by atoms with Crippen molar-refractivity contribution in [2.45, 2.75) is 46.0 Å². The molecule has 1 unspecified atom stereocenters. The van der Waals surface area contributed by atoms with Crippen LogP contribution in [0.3, 0.4) is 0 Å². The Bertz CT molecular complexity index is 510. The van der Waals surface area contributed by atoms with Gasteiger partial charge in [0.15, 0.2) is 0 Å². The molecule has 3 heteroatoms. The average Bonchev–Trinajstić information content (AvgIpc) is 2.79. The molecule has 0 saturated carbocycles. The molecule has 1 aromatic rings. The van der Waals surface area contributed by atoms with Gasteiger partial charge in [-0.25, -0.2) is 0 Å². The van der Waals surface area contributed by atoms with Crippen molar-refractivity contribution in [1.82, 2.24) is 4.90 Å². The number of benzene rings is 1. The highest BCUT2D eigenvalue weighted by atomic mass is 16.2. The normalized spacial score (nSPS) is 18.8. The van der Waals surface area contributed by atoms with E-state index >= 15 is 0 Å². The van der Waals surface area contributed by atoms with Gasteiger partial charge in [-0.2, -0.15) is 0 Å². The van der Waals surface area contributed by atoms with Gasteiger partial charge >= 0.3 is 0 Å². The number of carbonyl (C=O) groups is 1. The van der Waals surface area contributed by atoms with E-state index in [0.29, 0.717) is 12.3 Å². The lowest BCUT2D eigenvalue weighted by Gasteiger charge is -2.22. The van der Waals surface area contributed by atoms with E-state index < -0.39 is 0 Å². The van der Waals surface area contributed by atoms with Crippen LogP contribution in [0, 0.1) is 11.8 Å². The number of anilines is 1. The van der Waals surface area contributed by atoms with Crippen molar-refractivity contribution < 1.29 is 4.79 Å². The van der Waals surface area contributed by atoms with Gasteiger partial charge in [-0.1, -0.05) is 26.0 Å². The summed E-state index contributed by atoms with van der Waals surface area (Å²) in [6, 6.07) is 8.49. The zero-order valence-electron chi connectivity index (χ0n) is 15.2. The highest BCUT2D eigenvalue weighted by Gasteiger charge is 2.22. The minimum Gasteiger partial charge on any atom is -0.378 e. The molecule has 1 aromatic carbocycles. The van der Waals surface area contributed by atoms with E-state index in [1.807, 2.05) is 14.1 Å². The second kappa shape index (κ2) is 8.37. The molecule has 1 atom stereocenters. The summed E-state index contributed by atoms with van der Waals surface area (Å²) in [4.78, 5) is 16.7. The molecule has 1 aliphatic rings. The Morgan fingerprint density at radius 1 is 1.26 bits per heavy atom. The molecule has 1 fully saturated rings. The first kappa shape index (κ1) is 17.8. The summed E-state index contributed by atoms with van der Waals surface area (Å²) in [5.74, 6) is 1.84. The van der Waals surface area contributed by atoms with E-state index in [1.165, 1.54) is 24.1 Å². The zero-order chi connectivity index (χ0) is 16.8. The van der Waals surface area contributed by atoms with E-state index in [2.05, 4.69) is 47.9 Å². The average molecular weight is 316 g/mol. The fourth-order valence-corrected chi connectivity index (χ4v) is 3.44. The predicted molar refractivity (Wildman–Crippen MR) is 97.8 cm³/mol. The maximum atomic E-state index is 12.5. The Morgan fingerprint density at radius 3 is 2.74 bits per heavy atom. The molecule has 1 amide bonds. The summed E-state index contributed by atoms with van der Waals surface area (Å²) >= 11 is 0. The van der Waals surface area contributed by atoms with Crippen LogP contribution in [0.15, 0.2) is 24.3 Å². The lowest BCUT2D eigenvalue weighted by molar-refractivity contribution is -0.131. The van der Waals surface area contributed by atoms with Gasteiger partial charge in [-0.15, -0.1) is 0 Å². The van der Waals surface area contributed by atoms with Gasteiger partial charge in [-0.3, -0.25) is 4.79 Å². The van der Waals surface area contributed by atoms with Crippen molar-refractivity contribution in [3.8, 4) is 0 Å². The van der Waals surface area contributed by atoms with Gasteiger partial charge < -0.3 is 9.80 Å². The largest absolute Gasteiger partial charge is 0.378 e. The number of likely N-dealkylation sites (tertiary alicyclic amines) is 1. The number of aryl methyl sites for hydroxylation is 1. The maximum absolute atomic E-state index is 12.5. The van der Waals surface area contributed by atoms with Gasteiger partial charge in [0.2, 0.25) is 5.91 Å². The van der Waals surface area contributed by atoms with Gasteiger partial charge in [0, 0.05) is 39.3 Å². The first-order chi connectivity index (χ1) is 11.0. The summed E-state index contributed by atoms with van der Waals surface area (Å²) in [6.07, 6.45) is 5.06. The molecule has 23 heavy (non-hydrogen) atoms. The summed E-state index contributed by atoms with van der Waals surface area (Å²) in [7, 11) is 4.10. The molecule has 3 nitrogen and oxygen atoms in total. The smallest absolute Gasteiger partial charge is 0.222 e. The third kappa shape index (κ3) is 5.26. The summed E-state index contributed by atoms with van der Waals surface area (Å²) in [6.45, 7) is 6.50. The van der Waals surface area contributed by atoms with Crippen LogP contribution in [0.4, 0.5) is 5.69 Å². The molecule has 1 saturated heterocycles. The minimum absolute atomic E-state index is 0.324. The molecule has 0 N–H and O–H groups in total. The number of amides is 1. The highest BCUT2D eigenvalue weighted by molar-refractivity contribution is 5.76. The number of rotatable bonds is 5. The molecule has 0 spiro atoms. The lowest BCUT2D eigenvalue weighted by Crippen LogP contribution is -2.32. The van der Waals surface area contributed by atoms with Crippen LogP contribution in [0.2, 0.25) is 0 Å². The third-order valence-electron chi connectivity index (χ3n) is 5.12. The summed E-state index contributed by atoms with van der Waals surface area (Å²) in [5.41, 5.74) is 2.45. The SMILES string of the molecule is CC(C)C1CCCN(C(=O)CCc2cccc(N(C)C)c2)CC1. The van der Waals surface area contributed by atoms with Crippen molar-refractivity contribution in [2.75, 3.05) is 32.1 Å². The van der Waals surface area contributed by atoms with Crippen molar-refractivity contribution in [1.29, 1.82) is 0 Å². The molecule has 1 heterocycles. The van der Waals surface area contributed by atoms with Crippen LogP contribution in [-0.4, -0.2) is 38.0 Å². The van der Waals surface area contributed by atoms with Crippen LogP contribution in [0.1, 0.15) is 45.1 Å². The Balaban J connectivity index is 1.86. The van der Waals surface area contributed by atoms with E-state index in [4.69, 9.17) is 0 Å². The number of hydrogen-bond donors (Lipinski definition) is 0. The van der Waals surface area contributed by atoms with Gasteiger partial charge in [0.1, 0.15) is 0 Å². The quantitative estimate of drug-likeness (QED) is 0.820. The Morgan fingerprint density at radius 2 is 2.04 bits per heavy atom. The fraction of sp³-hybridized carbons (Fsp3) is 0.650. The van der Waals surface area contributed by atoms with Crippen molar-refractivity contribution in [3.63, 3.8) is 0 Å². The monoisotopic (exact) mass is 316 g/mol. The standard InChI is InChI=1S/C20H32N2O/c1-16(2)18-8-6-13-22(14-12-18)20(23)11-10-17-7-5-9-19(15-17)21(3)4/h5,7,9,15-16,18H,6,8,10-14H2,1-4H3. The number of carbonyl (C=O) groups excluding carboxylic acids is 1. The van der Waals surface area contributed by atoms with Crippen LogP contribution in [0.25, 0.3) is 0 Å². The second-order valence-corrected chi connectivity index (χ2v) is 7.38. The van der Waals surface area contributed by atoms with Crippen molar-refractivity contribution >= 4 is 11.6 Å². The first-order valence-electron chi connectivity index (χ1n) is 9.01. The van der Waals surface area contributed by atoms with Crippen molar-refractivity contribution in [3.05, 3.63) is 29.8 Å². The van der Waals surface area contributed by atoms with E-state index in [1.54, 1.807) is 0 Å². The molecule has 1 aliphatic heterocycles. The Labute approximate surface area is 141 Å².